The normalized spacial score (nSPS) is 12.4. The first kappa shape index (κ1) is 14.0. The van der Waals surface area contributed by atoms with Crippen LogP contribution < -0.4 is 5.73 Å². The molecule has 0 saturated heterocycles. The highest BCUT2D eigenvalue weighted by atomic mass is 32.2. The number of hydrogen-bond donors (Lipinski definition) is 1. The number of benzene rings is 2. The summed E-state index contributed by atoms with van der Waals surface area (Å²) in [6, 6.07) is 11.9. The number of thioether (sulfide) groups is 1. The molecule has 19 heavy (non-hydrogen) atoms. The smallest absolute Gasteiger partial charge is 0.159 e. The lowest BCUT2D eigenvalue weighted by Gasteiger charge is -2.08. The standard InChI is InChI=1S/C15H15F2NS/c1-10(18)12-3-2-4-13(8-12)19-9-11-5-6-14(16)15(17)7-11/h2-8,10H,9,18H2,1H3. The van der Waals surface area contributed by atoms with Gasteiger partial charge in [0.1, 0.15) is 0 Å². The highest BCUT2D eigenvalue weighted by molar-refractivity contribution is 7.98. The zero-order valence-corrected chi connectivity index (χ0v) is 11.4. The lowest BCUT2D eigenvalue weighted by Crippen LogP contribution is -2.04. The maximum absolute atomic E-state index is 13.1. The van der Waals surface area contributed by atoms with E-state index >= 15 is 0 Å². The molecule has 2 N–H and O–H groups in total. The summed E-state index contributed by atoms with van der Waals surface area (Å²) in [6.45, 7) is 1.93. The Kier molecular flexibility index (Phi) is 4.56. The van der Waals surface area contributed by atoms with Gasteiger partial charge in [0.15, 0.2) is 11.6 Å². The molecule has 0 bridgehead atoms. The van der Waals surface area contributed by atoms with Crippen LogP contribution in [0, 0.1) is 11.6 Å². The van der Waals surface area contributed by atoms with E-state index in [4.69, 9.17) is 5.73 Å². The van der Waals surface area contributed by atoms with Crippen LogP contribution in [0.1, 0.15) is 24.1 Å². The van der Waals surface area contributed by atoms with Crippen molar-refractivity contribution in [1.29, 1.82) is 0 Å². The minimum atomic E-state index is -0.812. The second kappa shape index (κ2) is 6.17. The van der Waals surface area contributed by atoms with Gasteiger partial charge in [0, 0.05) is 16.7 Å². The average molecular weight is 279 g/mol. The van der Waals surface area contributed by atoms with Crippen LogP contribution in [-0.2, 0) is 5.75 Å². The highest BCUT2D eigenvalue weighted by Gasteiger charge is 2.04. The van der Waals surface area contributed by atoms with Crippen LogP contribution in [-0.4, -0.2) is 0 Å². The van der Waals surface area contributed by atoms with Gasteiger partial charge in [0.2, 0.25) is 0 Å². The summed E-state index contributed by atoms with van der Waals surface area (Å²) in [6.07, 6.45) is 0. The summed E-state index contributed by atoms with van der Waals surface area (Å²) in [5.41, 5.74) is 7.65. The molecule has 0 aromatic heterocycles. The van der Waals surface area contributed by atoms with Crippen molar-refractivity contribution in [2.24, 2.45) is 5.73 Å². The maximum atomic E-state index is 13.1. The molecule has 2 aromatic carbocycles. The van der Waals surface area contributed by atoms with Crippen molar-refractivity contribution in [2.45, 2.75) is 23.6 Å². The average Bonchev–Trinajstić information content (AvgIpc) is 2.40. The zero-order chi connectivity index (χ0) is 13.8. The Morgan fingerprint density at radius 3 is 2.58 bits per heavy atom. The van der Waals surface area contributed by atoms with Gasteiger partial charge in [0.25, 0.3) is 0 Å². The predicted molar refractivity (Wildman–Crippen MR) is 75.0 cm³/mol. The summed E-state index contributed by atoms with van der Waals surface area (Å²) in [5.74, 6) is -1.02. The van der Waals surface area contributed by atoms with Crippen molar-refractivity contribution in [3.63, 3.8) is 0 Å². The van der Waals surface area contributed by atoms with Crippen LogP contribution in [0.4, 0.5) is 8.78 Å². The third-order valence-electron chi connectivity index (χ3n) is 2.77. The minimum Gasteiger partial charge on any atom is -0.324 e. The summed E-state index contributed by atoms with van der Waals surface area (Å²) >= 11 is 1.57. The fourth-order valence-electron chi connectivity index (χ4n) is 1.68. The van der Waals surface area contributed by atoms with Crippen molar-refractivity contribution in [3.05, 3.63) is 65.2 Å². The van der Waals surface area contributed by atoms with E-state index in [1.54, 1.807) is 17.8 Å². The van der Waals surface area contributed by atoms with E-state index in [0.29, 0.717) is 5.75 Å². The van der Waals surface area contributed by atoms with Crippen LogP contribution in [0.25, 0.3) is 0 Å². The first-order valence-electron chi connectivity index (χ1n) is 5.98. The second-order valence-corrected chi connectivity index (χ2v) is 5.45. The van der Waals surface area contributed by atoms with E-state index in [-0.39, 0.29) is 6.04 Å². The third kappa shape index (κ3) is 3.78. The van der Waals surface area contributed by atoms with Crippen molar-refractivity contribution < 1.29 is 8.78 Å². The molecule has 1 atom stereocenters. The van der Waals surface area contributed by atoms with Gasteiger partial charge in [0.05, 0.1) is 0 Å². The molecular formula is C15H15F2NS. The topological polar surface area (TPSA) is 26.0 Å². The Balaban J connectivity index is 2.05. The molecule has 4 heteroatoms. The van der Waals surface area contributed by atoms with Crippen molar-refractivity contribution in [2.75, 3.05) is 0 Å². The first-order valence-corrected chi connectivity index (χ1v) is 6.97. The summed E-state index contributed by atoms with van der Waals surface area (Å²) in [4.78, 5) is 1.07. The molecule has 0 spiro atoms. The Labute approximate surface area is 115 Å². The quantitative estimate of drug-likeness (QED) is 0.845. The monoisotopic (exact) mass is 279 g/mol. The molecule has 2 aromatic rings. The Morgan fingerprint density at radius 2 is 1.89 bits per heavy atom. The molecular weight excluding hydrogens is 264 g/mol. The Morgan fingerprint density at radius 1 is 1.11 bits per heavy atom. The SMILES string of the molecule is CC(N)c1cccc(SCc2ccc(F)c(F)c2)c1. The van der Waals surface area contributed by atoms with Crippen molar-refractivity contribution in [1.82, 2.24) is 0 Å². The molecule has 0 radical (unpaired) electrons. The number of halogens is 2. The van der Waals surface area contributed by atoms with E-state index in [9.17, 15) is 8.78 Å². The summed E-state index contributed by atoms with van der Waals surface area (Å²) in [5, 5.41) is 0. The molecule has 2 rings (SSSR count). The molecule has 1 unspecified atom stereocenters. The number of rotatable bonds is 4. The van der Waals surface area contributed by atoms with E-state index in [1.165, 1.54) is 6.07 Å². The van der Waals surface area contributed by atoms with E-state index in [0.717, 1.165) is 22.1 Å². The first-order chi connectivity index (χ1) is 9.06. The molecule has 100 valence electrons. The van der Waals surface area contributed by atoms with Crippen LogP contribution in [0.15, 0.2) is 47.4 Å². The van der Waals surface area contributed by atoms with Crippen LogP contribution in [0.2, 0.25) is 0 Å². The van der Waals surface area contributed by atoms with Gasteiger partial charge in [-0.15, -0.1) is 11.8 Å². The molecule has 0 saturated carbocycles. The molecule has 0 aliphatic carbocycles. The molecule has 0 heterocycles. The largest absolute Gasteiger partial charge is 0.324 e. The van der Waals surface area contributed by atoms with Gasteiger partial charge in [-0.2, -0.15) is 0 Å². The van der Waals surface area contributed by atoms with Crippen LogP contribution >= 0.6 is 11.8 Å². The minimum absolute atomic E-state index is 0.0104. The van der Waals surface area contributed by atoms with Gasteiger partial charge in [-0.05, 0) is 42.3 Å². The third-order valence-corrected chi connectivity index (χ3v) is 3.84. The summed E-state index contributed by atoms with van der Waals surface area (Å²) in [7, 11) is 0. The van der Waals surface area contributed by atoms with E-state index in [2.05, 4.69) is 0 Å². The molecule has 0 amide bonds. The van der Waals surface area contributed by atoms with Crippen molar-refractivity contribution in [3.8, 4) is 0 Å². The zero-order valence-electron chi connectivity index (χ0n) is 10.6. The molecule has 0 aliphatic heterocycles. The molecule has 0 fully saturated rings. The van der Waals surface area contributed by atoms with Crippen LogP contribution in [0.3, 0.4) is 0 Å². The fraction of sp³-hybridized carbons (Fsp3) is 0.200. The Hall–Kier alpha value is -1.39. The number of nitrogens with two attached hydrogens (primary N) is 1. The maximum Gasteiger partial charge on any atom is 0.159 e. The second-order valence-electron chi connectivity index (χ2n) is 4.40. The van der Waals surface area contributed by atoms with E-state index < -0.39 is 11.6 Å². The van der Waals surface area contributed by atoms with Crippen molar-refractivity contribution >= 4 is 11.8 Å². The molecule has 0 aliphatic rings. The van der Waals surface area contributed by atoms with Gasteiger partial charge < -0.3 is 5.73 Å². The predicted octanol–water partition coefficient (Wildman–Crippen LogP) is 4.28. The van der Waals surface area contributed by atoms with E-state index in [1.807, 2.05) is 31.2 Å². The van der Waals surface area contributed by atoms with Gasteiger partial charge in [-0.25, -0.2) is 8.78 Å². The fourth-order valence-corrected chi connectivity index (χ4v) is 2.59. The lowest BCUT2D eigenvalue weighted by atomic mass is 10.1. The highest BCUT2D eigenvalue weighted by Crippen LogP contribution is 2.25. The number of hydrogen-bond acceptors (Lipinski definition) is 2. The Bertz CT molecular complexity index is 570. The summed E-state index contributed by atoms with van der Waals surface area (Å²) < 4.78 is 25.9. The van der Waals surface area contributed by atoms with Gasteiger partial charge in [-0.1, -0.05) is 18.2 Å². The van der Waals surface area contributed by atoms with Gasteiger partial charge >= 0.3 is 0 Å². The van der Waals surface area contributed by atoms with Crippen LogP contribution in [0.5, 0.6) is 0 Å². The lowest BCUT2D eigenvalue weighted by molar-refractivity contribution is 0.507. The van der Waals surface area contributed by atoms with Gasteiger partial charge in [-0.3, -0.25) is 0 Å². The molecule has 1 nitrogen and oxygen atoms in total.